The van der Waals surface area contributed by atoms with Crippen molar-refractivity contribution < 1.29 is 13.2 Å². The lowest BCUT2D eigenvalue weighted by atomic mass is 9.95. The summed E-state index contributed by atoms with van der Waals surface area (Å²) >= 11 is 1.55. The molecule has 1 aromatic heterocycles. The van der Waals surface area contributed by atoms with Crippen LogP contribution in [0.3, 0.4) is 0 Å². The van der Waals surface area contributed by atoms with Gasteiger partial charge in [-0.1, -0.05) is 13.0 Å². The van der Waals surface area contributed by atoms with Crippen molar-refractivity contribution in [1.82, 2.24) is 9.62 Å². The van der Waals surface area contributed by atoms with Crippen molar-refractivity contribution in [3.05, 3.63) is 50.2 Å². The molecule has 5 nitrogen and oxygen atoms in total. The van der Waals surface area contributed by atoms with Crippen molar-refractivity contribution >= 4 is 27.3 Å². The molecule has 0 atom stereocenters. The number of nitrogens with one attached hydrogen (secondary N) is 1. The molecule has 0 fully saturated rings. The van der Waals surface area contributed by atoms with Gasteiger partial charge in [-0.05, 0) is 73.9 Å². The number of amides is 1. The van der Waals surface area contributed by atoms with E-state index in [1.807, 2.05) is 52.1 Å². The fourth-order valence-electron chi connectivity index (χ4n) is 3.16. The zero-order valence-corrected chi connectivity index (χ0v) is 18.5. The molecule has 0 aliphatic rings. The van der Waals surface area contributed by atoms with Crippen LogP contribution in [0.5, 0.6) is 0 Å². The monoisotopic (exact) mass is 408 g/mol. The van der Waals surface area contributed by atoms with Crippen LogP contribution in [0.15, 0.2) is 22.4 Å². The van der Waals surface area contributed by atoms with E-state index in [1.54, 1.807) is 18.3 Å². The lowest BCUT2D eigenvalue weighted by Gasteiger charge is -2.25. The van der Waals surface area contributed by atoms with Gasteiger partial charge in [-0.15, -0.1) is 11.3 Å². The third-order valence-electron chi connectivity index (χ3n) is 5.24. The first-order valence-electron chi connectivity index (χ1n) is 8.97. The van der Waals surface area contributed by atoms with E-state index < -0.39 is 10.0 Å². The maximum Gasteiger partial charge on any atom is 0.244 e. The van der Waals surface area contributed by atoms with Crippen molar-refractivity contribution in [3.63, 3.8) is 0 Å². The van der Waals surface area contributed by atoms with Gasteiger partial charge in [0.05, 0.1) is 18.0 Å². The molecule has 0 bridgehead atoms. The fourth-order valence-corrected chi connectivity index (χ4v) is 5.77. The minimum atomic E-state index is -3.77. The molecule has 1 N–H and O–H groups in total. The van der Waals surface area contributed by atoms with Gasteiger partial charge < -0.3 is 5.32 Å². The molecular weight excluding hydrogens is 380 g/mol. The summed E-state index contributed by atoms with van der Waals surface area (Å²) in [5.41, 5.74) is 4.59. The largest absolute Gasteiger partial charge is 0.350 e. The number of carbonyl (C=O) groups excluding carboxylic acids is 1. The zero-order valence-electron chi connectivity index (χ0n) is 16.8. The summed E-state index contributed by atoms with van der Waals surface area (Å²) in [7, 11) is -3.77. The average molecular weight is 409 g/mol. The molecule has 0 spiro atoms. The van der Waals surface area contributed by atoms with Crippen molar-refractivity contribution in [1.29, 1.82) is 0 Å². The van der Waals surface area contributed by atoms with E-state index in [2.05, 4.69) is 5.32 Å². The molecule has 0 saturated heterocycles. The molecule has 0 aliphatic heterocycles. The SMILES string of the molecule is CCN(CC(=O)NCc1cccs1)S(=O)(=O)c1c(C)c(C)c(C)c(C)c1C. The van der Waals surface area contributed by atoms with E-state index in [0.717, 1.165) is 32.7 Å². The maximum atomic E-state index is 13.3. The van der Waals surface area contributed by atoms with E-state index in [-0.39, 0.29) is 19.0 Å². The summed E-state index contributed by atoms with van der Waals surface area (Å²) in [5, 5.41) is 4.74. The Bertz CT molecular complexity index is 904. The van der Waals surface area contributed by atoms with Crippen LogP contribution in [0.2, 0.25) is 0 Å². The van der Waals surface area contributed by atoms with Crippen molar-refractivity contribution in [2.24, 2.45) is 0 Å². The number of hydrogen-bond donors (Lipinski definition) is 1. The third kappa shape index (κ3) is 4.42. The van der Waals surface area contributed by atoms with E-state index in [1.165, 1.54) is 4.31 Å². The summed E-state index contributed by atoms with van der Waals surface area (Å²) in [4.78, 5) is 13.7. The highest BCUT2D eigenvalue weighted by atomic mass is 32.2. The van der Waals surface area contributed by atoms with Crippen LogP contribution in [-0.4, -0.2) is 31.7 Å². The van der Waals surface area contributed by atoms with E-state index >= 15 is 0 Å². The first-order chi connectivity index (χ1) is 12.6. The molecule has 1 heterocycles. The molecule has 0 aliphatic carbocycles. The minimum Gasteiger partial charge on any atom is -0.350 e. The van der Waals surface area contributed by atoms with Gasteiger partial charge in [-0.3, -0.25) is 4.79 Å². The summed E-state index contributed by atoms with van der Waals surface area (Å²) in [6, 6.07) is 3.85. The lowest BCUT2D eigenvalue weighted by molar-refractivity contribution is -0.121. The molecule has 1 aromatic carbocycles. The lowest BCUT2D eigenvalue weighted by Crippen LogP contribution is -2.40. The van der Waals surface area contributed by atoms with Crippen LogP contribution in [0, 0.1) is 34.6 Å². The van der Waals surface area contributed by atoms with Crippen molar-refractivity contribution in [3.8, 4) is 0 Å². The topological polar surface area (TPSA) is 66.5 Å². The second-order valence-corrected chi connectivity index (χ2v) is 9.65. The number of likely N-dealkylation sites (N-methyl/N-ethyl adjacent to an activating group) is 1. The number of benzene rings is 1. The smallest absolute Gasteiger partial charge is 0.244 e. The number of sulfonamides is 1. The molecule has 0 unspecified atom stereocenters. The van der Waals surface area contributed by atoms with Gasteiger partial charge in [-0.2, -0.15) is 4.31 Å². The molecule has 1 amide bonds. The summed E-state index contributed by atoms with van der Waals surface area (Å²) in [6.45, 7) is 11.8. The van der Waals surface area contributed by atoms with Gasteiger partial charge in [0.15, 0.2) is 0 Å². The number of thiophene rings is 1. The van der Waals surface area contributed by atoms with Crippen molar-refractivity contribution in [2.75, 3.05) is 13.1 Å². The summed E-state index contributed by atoms with van der Waals surface area (Å²) in [6.07, 6.45) is 0. The number of hydrogen-bond acceptors (Lipinski definition) is 4. The Morgan fingerprint density at radius 2 is 1.59 bits per heavy atom. The second kappa shape index (κ2) is 8.54. The molecule has 2 aromatic rings. The van der Waals surface area contributed by atoms with Gasteiger partial charge in [0.1, 0.15) is 0 Å². The standard InChI is InChI=1S/C20H28N2O3S2/c1-7-22(12-19(23)21-11-18-9-8-10-26-18)27(24,25)20-16(5)14(3)13(2)15(4)17(20)6/h8-10H,7,11-12H2,1-6H3,(H,21,23). The van der Waals surface area contributed by atoms with Crippen LogP contribution < -0.4 is 5.32 Å². The molecule has 2 rings (SSSR count). The Balaban J connectivity index is 2.29. The van der Waals surface area contributed by atoms with Gasteiger partial charge in [0.2, 0.25) is 15.9 Å². The van der Waals surface area contributed by atoms with Gasteiger partial charge >= 0.3 is 0 Å². The molecule has 0 saturated carbocycles. The van der Waals surface area contributed by atoms with E-state index in [9.17, 15) is 13.2 Å². The fraction of sp³-hybridized carbons (Fsp3) is 0.450. The van der Waals surface area contributed by atoms with Crippen LogP contribution in [0.1, 0.15) is 39.6 Å². The number of nitrogens with zero attached hydrogens (tertiary/aromatic N) is 1. The van der Waals surface area contributed by atoms with Gasteiger partial charge in [-0.25, -0.2) is 8.42 Å². The quantitative estimate of drug-likeness (QED) is 0.761. The molecule has 7 heteroatoms. The van der Waals surface area contributed by atoms with E-state index in [0.29, 0.717) is 11.4 Å². The predicted molar refractivity (Wildman–Crippen MR) is 111 cm³/mol. The Kier molecular flexibility index (Phi) is 6.83. The Morgan fingerprint density at radius 1 is 1.04 bits per heavy atom. The second-order valence-electron chi connectivity index (χ2n) is 6.74. The molecular formula is C20H28N2O3S2. The first kappa shape index (κ1) is 21.6. The molecule has 0 radical (unpaired) electrons. The van der Waals surface area contributed by atoms with Gasteiger partial charge in [0, 0.05) is 11.4 Å². The van der Waals surface area contributed by atoms with Crippen LogP contribution >= 0.6 is 11.3 Å². The summed E-state index contributed by atoms with van der Waals surface area (Å²) < 4.78 is 27.9. The Morgan fingerprint density at radius 3 is 2.07 bits per heavy atom. The number of rotatable bonds is 7. The third-order valence-corrected chi connectivity index (χ3v) is 8.31. The Hall–Kier alpha value is -1.70. The van der Waals surface area contributed by atoms with Crippen LogP contribution in [-0.2, 0) is 21.4 Å². The zero-order chi connectivity index (χ0) is 20.4. The predicted octanol–water partition coefficient (Wildman–Crippen LogP) is 3.62. The highest BCUT2D eigenvalue weighted by molar-refractivity contribution is 7.89. The van der Waals surface area contributed by atoms with Crippen LogP contribution in [0.25, 0.3) is 0 Å². The minimum absolute atomic E-state index is 0.185. The highest BCUT2D eigenvalue weighted by Crippen LogP contribution is 2.31. The first-order valence-corrected chi connectivity index (χ1v) is 11.3. The van der Waals surface area contributed by atoms with Crippen molar-refractivity contribution in [2.45, 2.75) is 53.0 Å². The summed E-state index contributed by atoms with van der Waals surface area (Å²) in [5.74, 6) is -0.301. The maximum absolute atomic E-state index is 13.3. The molecule has 148 valence electrons. The van der Waals surface area contributed by atoms with Gasteiger partial charge in [0.25, 0.3) is 0 Å². The normalized spacial score (nSPS) is 11.8. The Labute approximate surface area is 166 Å². The average Bonchev–Trinajstić information content (AvgIpc) is 3.14. The van der Waals surface area contributed by atoms with E-state index in [4.69, 9.17) is 0 Å². The number of carbonyl (C=O) groups is 1. The highest BCUT2D eigenvalue weighted by Gasteiger charge is 2.30. The molecule has 27 heavy (non-hydrogen) atoms. The van der Waals surface area contributed by atoms with Crippen LogP contribution in [0.4, 0.5) is 0 Å².